The predicted octanol–water partition coefficient (Wildman–Crippen LogP) is 2.72. The lowest BCUT2D eigenvalue weighted by molar-refractivity contribution is 0.0875. The van der Waals surface area contributed by atoms with Crippen molar-refractivity contribution in [2.45, 2.75) is 26.7 Å². The second-order valence-corrected chi connectivity index (χ2v) is 4.98. The molecule has 0 radical (unpaired) electrons. The molecule has 4 heteroatoms. The van der Waals surface area contributed by atoms with Crippen molar-refractivity contribution in [2.75, 3.05) is 0 Å². The molecule has 1 aromatic heterocycles. The Hall–Kier alpha value is -2.10. The van der Waals surface area contributed by atoms with Gasteiger partial charge < -0.3 is 4.42 Å². The highest BCUT2D eigenvalue weighted by molar-refractivity contribution is 5.79. The second kappa shape index (κ2) is 5.69. The summed E-state index contributed by atoms with van der Waals surface area (Å²) in [6.45, 7) is 3.89. The average Bonchev–Trinajstić information content (AvgIpc) is 2.71. The van der Waals surface area contributed by atoms with Crippen molar-refractivity contribution < 1.29 is 9.21 Å². The van der Waals surface area contributed by atoms with Gasteiger partial charge in [0.15, 0.2) is 0 Å². The van der Waals surface area contributed by atoms with E-state index in [1.54, 1.807) is 0 Å². The maximum atomic E-state index is 12.1. The molecule has 1 aromatic carbocycles. The first-order chi connectivity index (χ1) is 9.08. The Balaban J connectivity index is 2.28. The van der Waals surface area contributed by atoms with Gasteiger partial charge in [-0.3, -0.25) is 4.79 Å². The SMILES string of the molecule is CC(C)CC(=O)n1c(Cc2ccccc2)coc1=O. The van der Waals surface area contributed by atoms with Gasteiger partial charge in [-0.25, -0.2) is 9.36 Å². The summed E-state index contributed by atoms with van der Waals surface area (Å²) in [6, 6.07) is 9.68. The summed E-state index contributed by atoms with van der Waals surface area (Å²) in [5.41, 5.74) is 1.64. The fraction of sp³-hybridized carbons (Fsp3) is 0.333. The maximum absolute atomic E-state index is 12.1. The predicted molar refractivity (Wildman–Crippen MR) is 72.3 cm³/mol. The highest BCUT2D eigenvalue weighted by atomic mass is 16.4. The van der Waals surface area contributed by atoms with Crippen LogP contribution in [-0.4, -0.2) is 10.5 Å². The van der Waals surface area contributed by atoms with Crippen LogP contribution in [0.2, 0.25) is 0 Å². The highest BCUT2D eigenvalue weighted by Crippen LogP contribution is 2.10. The molecule has 0 N–H and O–H groups in total. The van der Waals surface area contributed by atoms with Crippen molar-refractivity contribution in [1.82, 2.24) is 4.57 Å². The molecule has 2 rings (SSSR count). The third-order valence-corrected chi connectivity index (χ3v) is 2.83. The summed E-state index contributed by atoms with van der Waals surface area (Å²) in [5, 5.41) is 0. The molecule has 0 saturated heterocycles. The van der Waals surface area contributed by atoms with E-state index in [4.69, 9.17) is 4.42 Å². The van der Waals surface area contributed by atoms with Gasteiger partial charge in [-0.2, -0.15) is 0 Å². The topological polar surface area (TPSA) is 52.2 Å². The Morgan fingerprint density at radius 1 is 1.26 bits per heavy atom. The van der Waals surface area contributed by atoms with Gasteiger partial charge in [-0.1, -0.05) is 44.2 Å². The third-order valence-electron chi connectivity index (χ3n) is 2.83. The van der Waals surface area contributed by atoms with E-state index in [0.717, 1.165) is 10.1 Å². The number of carbonyl (C=O) groups excluding carboxylic acids is 1. The van der Waals surface area contributed by atoms with Crippen molar-refractivity contribution in [3.8, 4) is 0 Å². The molecule has 0 spiro atoms. The Labute approximate surface area is 111 Å². The number of hydrogen-bond donors (Lipinski definition) is 0. The zero-order chi connectivity index (χ0) is 13.8. The van der Waals surface area contributed by atoms with Crippen LogP contribution in [0, 0.1) is 5.92 Å². The van der Waals surface area contributed by atoms with Gasteiger partial charge in [0.25, 0.3) is 0 Å². The van der Waals surface area contributed by atoms with E-state index in [-0.39, 0.29) is 11.8 Å². The van der Waals surface area contributed by atoms with Crippen LogP contribution in [0.25, 0.3) is 0 Å². The number of oxazole rings is 1. The van der Waals surface area contributed by atoms with Crippen LogP contribution in [0.5, 0.6) is 0 Å². The Morgan fingerprint density at radius 3 is 2.58 bits per heavy atom. The number of carbonyl (C=O) groups is 1. The number of nitrogens with zero attached hydrogens (tertiary/aromatic N) is 1. The van der Waals surface area contributed by atoms with Gasteiger partial charge in [-0.15, -0.1) is 0 Å². The maximum Gasteiger partial charge on any atom is 0.426 e. The van der Waals surface area contributed by atoms with E-state index in [1.165, 1.54) is 6.26 Å². The molecule has 0 aliphatic carbocycles. The van der Waals surface area contributed by atoms with Gasteiger partial charge in [0.2, 0.25) is 5.91 Å². The van der Waals surface area contributed by atoms with E-state index in [9.17, 15) is 9.59 Å². The van der Waals surface area contributed by atoms with Gasteiger partial charge in [0.05, 0.1) is 5.69 Å². The van der Waals surface area contributed by atoms with Crippen molar-refractivity contribution in [3.05, 3.63) is 58.4 Å². The molecule has 0 atom stereocenters. The molecule has 0 aliphatic heterocycles. The lowest BCUT2D eigenvalue weighted by Gasteiger charge is -2.06. The average molecular weight is 259 g/mol. The van der Waals surface area contributed by atoms with Crippen LogP contribution in [-0.2, 0) is 6.42 Å². The second-order valence-electron chi connectivity index (χ2n) is 4.98. The molecule has 19 heavy (non-hydrogen) atoms. The zero-order valence-corrected chi connectivity index (χ0v) is 11.1. The normalized spacial score (nSPS) is 10.9. The molecule has 0 saturated carbocycles. The Bertz CT molecular complexity index is 608. The lowest BCUT2D eigenvalue weighted by atomic mass is 10.1. The summed E-state index contributed by atoms with van der Waals surface area (Å²) in [5.74, 6) is -0.602. The van der Waals surface area contributed by atoms with Crippen molar-refractivity contribution in [2.24, 2.45) is 5.92 Å². The fourth-order valence-electron chi connectivity index (χ4n) is 1.97. The van der Waals surface area contributed by atoms with E-state index < -0.39 is 5.76 Å². The number of benzene rings is 1. The summed E-state index contributed by atoms with van der Waals surface area (Å²) < 4.78 is 6.00. The number of aromatic nitrogens is 1. The van der Waals surface area contributed by atoms with Gasteiger partial charge in [0, 0.05) is 12.8 Å². The quantitative estimate of drug-likeness (QED) is 0.848. The van der Waals surface area contributed by atoms with E-state index in [0.29, 0.717) is 18.5 Å². The highest BCUT2D eigenvalue weighted by Gasteiger charge is 2.16. The third kappa shape index (κ3) is 3.22. The summed E-state index contributed by atoms with van der Waals surface area (Å²) in [4.78, 5) is 23.7. The molecular formula is C15H17NO3. The number of hydrogen-bond acceptors (Lipinski definition) is 3. The van der Waals surface area contributed by atoms with E-state index in [1.807, 2.05) is 44.2 Å². The Morgan fingerprint density at radius 2 is 1.95 bits per heavy atom. The van der Waals surface area contributed by atoms with Crippen LogP contribution in [0.3, 0.4) is 0 Å². The lowest BCUT2D eigenvalue weighted by Crippen LogP contribution is -2.26. The molecule has 0 fully saturated rings. The number of rotatable bonds is 4. The Kier molecular flexibility index (Phi) is 4.00. The summed E-state index contributed by atoms with van der Waals surface area (Å²) in [7, 11) is 0. The van der Waals surface area contributed by atoms with Gasteiger partial charge in [-0.05, 0) is 11.5 Å². The van der Waals surface area contributed by atoms with Crippen molar-refractivity contribution in [1.29, 1.82) is 0 Å². The minimum absolute atomic E-state index is 0.207. The molecule has 100 valence electrons. The molecule has 1 heterocycles. The van der Waals surface area contributed by atoms with Crippen molar-refractivity contribution in [3.63, 3.8) is 0 Å². The zero-order valence-electron chi connectivity index (χ0n) is 11.1. The largest absolute Gasteiger partial charge is 0.426 e. The molecule has 0 unspecified atom stereocenters. The monoisotopic (exact) mass is 259 g/mol. The minimum Gasteiger partial charge on any atom is -0.416 e. The first-order valence-electron chi connectivity index (χ1n) is 6.34. The summed E-state index contributed by atoms with van der Waals surface area (Å²) in [6.07, 6.45) is 2.21. The van der Waals surface area contributed by atoms with E-state index in [2.05, 4.69) is 0 Å². The van der Waals surface area contributed by atoms with E-state index >= 15 is 0 Å². The molecule has 4 nitrogen and oxygen atoms in total. The molecule has 0 aliphatic rings. The minimum atomic E-state index is -0.600. The first kappa shape index (κ1) is 13.3. The summed E-state index contributed by atoms with van der Waals surface area (Å²) >= 11 is 0. The van der Waals surface area contributed by atoms with Crippen LogP contribution in [0.4, 0.5) is 0 Å². The smallest absolute Gasteiger partial charge is 0.416 e. The fourth-order valence-corrected chi connectivity index (χ4v) is 1.97. The van der Waals surface area contributed by atoms with Gasteiger partial charge >= 0.3 is 5.76 Å². The van der Waals surface area contributed by atoms with Gasteiger partial charge in [0.1, 0.15) is 6.26 Å². The van der Waals surface area contributed by atoms with Crippen LogP contribution in [0.15, 0.2) is 45.8 Å². The van der Waals surface area contributed by atoms with Crippen molar-refractivity contribution >= 4 is 5.91 Å². The molecule has 0 bridgehead atoms. The molecule has 2 aromatic rings. The first-order valence-corrected chi connectivity index (χ1v) is 6.34. The standard InChI is InChI=1S/C15H17NO3/c1-11(2)8-14(17)16-13(10-19-15(16)18)9-12-6-4-3-5-7-12/h3-7,10-11H,8-9H2,1-2H3. The van der Waals surface area contributed by atoms with Crippen LogP contribution >= 0.6 is 0 Å². The molecular weight excluding hydrogens is 242 g/mol. The van der Waals surface area contributed by atoms with Crippen LogP contribution < -0.4 is 5.76 Å². The molecule has 0 amide bonds. The van der Waals surface area contributed by atoms with Crippen LogP contribution in [0.1, 0.15) is 36.3 Å².